The minimum Gasteiger partial charge on any atom is -0.481 e. The van der Waals surface area contributed by atoms with Crippen molar-refractivity contribution in [1.82, 2.24) is 0 Å². The molecule has 0 rings (SSSR count). The summed E-state index contributed by atoms with van der Waals surface area (Å²) in [4.78, 5) is 10.9. The van der Waals surface area contributed by atoms with Crippen molar-refractivity contribution in [3.05, 3.63) is 0 Å². The molecule has 174 valence electrons. The summed E-state index contributed by atoms with van der Waals surface area (Å²) >= 11 is 0. The summed E-state index contributed by atoms with van der Waals surface area (Å²) in [5.74, 6) is -0.290. The van der Waals surface area contributed by atoms with Gasteiger partial charge in [-0.15, -0.1) is 0 Å². The average Bonchev–Trinajstić information content (AvgIpc) is 2.69. The van der Waals surface area contributed by atoms with Gasteiger partial charge in [0.15, 0.2) is 0 Å². The highest BCUT2D eigenvalue weighted by atomic mass is 16.4. The summed E-state index contributed by atoms with van der Waals surface area (Å²) < 4.78 is 0. The molecule has 2 nitrogen and oxygen atoms in total. The van der Waals surface area contributed by atoms with Crippen molar-refractivity contribution in [3.63, 3.8) is 0 Å². The molecule has 0 radical (unpaired) electrons. The summed E-state index contributed by atoms with van der Waals surface area (Å²) in [6.07, 6.45) is 29.0. The molecule has 1 N–H and O–H groups in total. The van der Waals surface area contributed by atoms with Crippen LogP contribution in [-0.2, 0) is 4.79 Å². The molecule has 2 unspecified atom stereocenters. The summed E-state index contributed by atoms with van der Waals surface area (Å²) in [7, 11) is 0. The fourth-order valence-corrected chi connectivity index (χ4v) is 4.39. The number of aliphatic carboxylic acids is 1. The molecule has 29 heavy (non-hydrogen) atoms. The molecule has 0 saturated carbocycles. The van der Waals surface area contributed by atoms with E-state index in [1.807, 2.05) is 6.92 Å². The van der Waals surface area contributed by atoms with Gasteiger partial charge < -0.3 is 5.11 Å². The van der Waals surface area contributed by atoms with Crippen molar-refractivity contribution in [2.75, 3.05) is 0 Å². The zero-order valence-corrected chi connectivity index (χ0v) is 20.4. The number of unbranched alkanes of at least 4 members (excludes halogenated alkanes) is 18. The Morgan fingerprint density at radius 2 is 0.897 bits per heavy atom. The Morgan fingerprint density at radius 3 is 1.21 bits per heavy atom. The van der Waals surface area contributed by atoms with Gasteiger partial charge >= 0.3 is 5.97 Å². The van der Waals surface area contributed by atoms with E-state index in [1.54, 1.807) is 0 Å². The molecule has 0 aromatic rings. The van der Waals surface area contributed by atoms with Crippen LogP contribution in [0.15, 0.2) is 0 Å². The highest BCUT2D eigenvalue weighted by molar-refractivity contribution is 5.69. The van der Waals surface area contributed by atoms with Crippen LogP contribution in [0.2, 0.25) is 0 Å². The van der Waals surface area contributed by atoms with Crippen LogP contribution in [0, 0.1) is 11.8 Å². The zero-order chi connectivity index (χ0) is 21.6. The summed E-state index contributed by atoms with van der Waals surface area (Å²) in [6.45, 7) is 6.32. The van der Waals surface area contributed by atoms with Crippen LogP contribution in [0.3, 0.4) is 0 Å². The second-order valence-corrected chi connectivity index (χ2v) is 9.73. The van der Waals surface area contributed by atoms with Gasteiger partial charge in [-0.25, -0.2) is 0 Å². The first-order valence-electron chi connectivity index (χ1n) is 13.3. The number of carboxylic acid groups (broad SMARTS) is 1. The van der Waals surface area contributed by atoms with Gasteiger partial charge in [-0.1, -0.05) is 149 Å². The molecule has 0 aliphatic rings. The van der Waals surface area contributed by atoms with Crippen LogP contribution in [0.4, 0.5) is 0 Å². The molecule has 0 heterocycles. The predicted molar refractivity (Wildman–Crippen MR) is 129 cm³/mol. The zero-order valence-electron chi connectivity index (χ0n) is 20.4. The largest absolute Gasteiger partial charge is 0.481 e. The van der Waals surface area contributed by atoms with Gasteiger partial charge in [0.1, 0.15) is 0 Å². The van der Waals surface area contributed by atoms with E-state index in [2.05, 4.69) is 13.8 Å². The molecular weight excluding hydrogens is 356 g/mol. The first-order valence-corrected chi connectivity index (χ1v) is 13.3. The molecule has 0 spiro atoms. The van der Waals surface area contributed by atoms with Crippen LogP contribution in [0.1, 0.15) is 156 Å². The molecule has 0 aliphatic carbocycles. The monoisotopic (exact) mass is 410 g/mol. The molecule has 0 amide bonds. The Kier molecular flexibility index (Phi) is 21.8. The Morgan fingerprint density at radius 1 is 0.586 bits per heavy atom. The minimum absolute atomic E-state index is 0.190. The van der Waals surface area contributed by atoms with Crippen molar-refractivity contribution in [1.29, 1.82) is 0 Å². The Balaban J connectivity index is 3.14. The second-order valence-electron chi connectivity index (χ2n) is 9.73. The van der Waals surface area contributed by atoms with Crippen molar-refractivity contribution in [2.24, 2.45) is 11.8 Å². The van der Waals surface area contributed by atoms with E-state index in [4.69, 9.17) is 5.11 Å². The quantitative estimate of drug-likeness (QED) is 0.170. The minimum atomic E-state index is -0.648. The van der Waals surface area contributed by atoms with Crippen LogP contribution in [-0.4, -0.2) is 11.1 Å². The van der Waals surface area contributed by atoms with Gasteiger partial charge in [0, 0.05) is 0 Å². The Labute approximate surface area is 183 Å². The standard InChI is InChI=1S/C27H54O2/c1-4-5-6-7-8-9-10-11-12-13-14-15-16-17-18-19-20-21-22-23-25(2)24-26(3)27(28)29/h25-26H,4-24H2,1-3H3,(H,28,29). The fraction of sp³-hybridized carbons (Fsp3) is 0.963. The summed E-state index contributed by atoms with van der Waals surface area (Å²) in [5, 5.41) is 8.97. The van der Waals surface area contributed by atoms with Crippen molar-refractivity contribution in [2.45, 2.75) is 156 Å². The smallest absolute Gasteiger partial charge is 0.306 e. The summed E-state index contributed by atoms with van der Waals surface area (Å²) in [6, 6.07) is 0. The topological polar surface area (TPSA) is 37.3 Å². The van der Waals surface area contributed by atoms with Gasteiger partial charge in [0.2, 0.25) is 0 Å². The second kappa shape index (κ2) is 22.2. The molecule has 0 bridgehead atoms. The third kappa shape index (κ3) is 22.0. The number of carboxylic acids is 1. The predicted octanol–water partition coefficient (Wildman–Crippen LogP) is 9.56. The highest BCUT2D eigenvalue weighted by Crippen LogP contribution is 2.19. The molecule has 0 saturated heterocycles. The van der Waals surface area contributed by atoms with Crippen molar-refractivity contribution in [3.8, 4) is 0 Å². The highest BCUT2D eigenvalue weighted by Gasteiger charge is 2.14. The van der Waals surface area contributed by atoms with E-state index in [0.29, 0.717) is 5.92 Å². The first kappa shape index (κ1) is 28.5. The molecule has 0 aliphatic heterocycles. The van der Waals surface area contributed by atoms with Crippen LogP contribution in [0.5, 0.6) is 0 Å². The maximum absolute atomic E-state index is 10.9. The van der Waals surface area contributed by atoms with E-state index >= 15 is 0 Å². The lowest BCUT2D eigenvalue weighted by atomic mass is 9.92. The van der Waals surface area contributed by atoms with Gasteiger partial charge in [-0.2, -0.15) is 0 Å². The van der Waals surface area contributed by atoms with Crippen LogP contribution < -0.4 is 0 Å². The van der Waals surface area contributed by atoms with Crippen LogP contribution >= 0.6 is 0 Å². The molecule has 0 aromatic carbocycles. The maximum Gasteiger partial charge on any atom is 0.306 e. The Bertz CT molecular complexity index is 339. The van der Waals surface area contributed by atoms with Gasteiger partial charge in [0.05, 0.1) is 5.92 Å². The molecule has 2 atom stereocenters. The van der Waals surface area contributed by atoms with E-state index in [-0.39, 0.29) is 5.92 Å². The SMILES string of the molecule is CCCCCCCCCCCCCCCCCCCCCC(C)CC(C)C(=O)O. The third-order valence-corrected chi connectivity index (χ3v) is 6.48. The van der Waals surface area contributed by atoms with Crippen molar-refractivity contribution >= 4 is 5.97 Å². The fourth-order valence-electron chi connectivity index (χ4n) is 4.39. The van der Waals surface area contributed by atoms with E-state index < -0.39 is 5.97 Å². The number of rotatable bonds is 23. The van der Waals surface area contributed by atoms with Crippen molar-refractivity contribution < 1.29 is 9.90 Å². The molecule has 0 aromatic heterocycles. The molecular formula is C27H54O2. The number of hydrogen-bond acceptors (Lipinski definition) is 1. The lowest BCUT2D eigenvalue weighted by molar-refractivity contribution is -0.141. The van der Waals surface area contributed by atoms with E-state index in [1.165, 1.54) is 128 Å². The van der Waals surface area contributed by atoms with Crippen LogP contribution in [0.25, 0.3) is 0 Å². The Hall–Kier alpha value is -0.530. The third-order valence-electron chi connectivity index (χ3n) is 6.48. The maximum atomic E-state index is 10.9. The molecule has 2 heteroatoms. The van der Waals surface area contributed by atoms with Gasteiger partial charge in [-0.3, -0.25) is 4.79 Å². The van der Waals surface area contributed by atoms with Gasteiger partial charge in [0.25, 0.3) is 0 Å². The number of hydrogen-bond donors (Lipinski definition) is 1. The summed E-state index contributed by atoms with van der Waals surface area (Å²) in [5.41, 5.74) is 0. The van der Waals surface area contributed by atoms with E-state index in [9.17, 15) is 4.79 Å². The molecule has 0 fully saturated rings. The normalized spacial score (nSPS) is 13.5. The van der Waals surface area contributed by atoms with E-state index in [0.717, 1.165) is 6.42 Å². The lowest BCUT2D eigenvalue weighted by Gasteiger charge is -2.13. The first-order chi connectivity index (χ1) is 14.1. The van der Waals surface area contributed by atoms with Gasteiger partial charge in [-0.05, 0) is 12.3 Å². The lowest BCUT2D eigenvalue weighted by Crippen LogP contribution is -2.13. The number of carbonyl (C=O) groups is 1. The average molecular weight is 411 g/mol.